The van der Waals surface area contributed by atoms with Crippen molar-refractivity contribution in [3.8, 4) is 0 Å². The quantitative estimate of drug-likeness (QED) is 0.756. The van der Waals surface area contributed by atoms with E-state index in [1.807, 2.05) is 0 Å². The Morgan fingerprint density at radius 1 is 1.13 bits per heavy atom. The highest BCUT2D eigenvalue weighted by molar-refractivity contribution is 4.75. The molecule has 1 N–H and O–H groups in total. The van der Waals surface area contributed by atoms with Crippen molar-refractivity contribution in [2.45, 2.75) is 57.8 Å². The van der Waals surface area contributed by atoms with Crippen LogP contribution in [0.4, 0.5) is 0 Å². The van der Waals surface area contributed by atoms with Crippen molar-refractivity contribution >= 4 is 0 Å². The fourth-order valence-electron chi connectivity index (χ4n) is 2.48. The molecule has 1 aliphatic carbocycles. The number of aryl methyl sites for hydroxylation is 1. The Hall–Kier alpha value is -0.930. The van der Waals surface area contributed by atoms with Gasteiger partial charge in [-0.15, -0.1) is 10.2 Å². The highest BCUT2D eigenvalue weighted by Gasteiger charge is 2.12. The maximum absolute atomic E-state index is 3.95. The molecular weight excluding hydrogens is 188 g/mol. The summed E-state index contributed by atoms with van der Waals surface area (Å²) in [6, 6.07) is 0. The number of hydrogen-bond acceptors (Lipinski definition) is 3. The van der Waals surface area contributed by atoms with E-state index in [-0.39, 0.29) is 0 Å². The van der Waals surface area contributed by atoms with Crippen molar-refractivity contribution in [2.75, 3.05) is 0 Å². The average molecular weight is 208 g/mol. The summed E-state index contributed by atoms with van der Waals surface area (Å²) in [6.07, 6.45) is 12.2. The molecule has 2 rings (SSSR count). The van der Waals surface area contributed by atoms with Gasteiger partial charge in [0.05, 0.1) is 0 Å². The number of rotatable bonds is 5. The number of H-pyrrole nitrogens is 1. The molecule has 4 nitrogen and oxygen atoms in total. The van der Waals surface area contributed by atoms with Gasteiger partial charge in [0.2, 0.25) is 0 Å². The standard InChI is InChI=1S/C11H20N4/c1-2-6-10(7-3-1)8-4-5-9-11-12-14-15-13-11/h10H,1-9H2,(H,12,13,14,15). The minimum atomic E-state index is 0.860. The van der Waals surface area contributed by atoms with Gasteiger partial charge in [-0.2, -0.15) is 5.21 Å². The normalized spacial score (nSPS) is 18.1. The fourth-order valence-corrected chi connectivity index (χ4v) is 2.48. The van der Waals surface area contributed by atoms with E-state index in [1.54, 1.807) is 0 Å². The molecule has 1 aromatic rings. The van der Waals surface area contributed by atoms with E-state index in [9.17, 15) is 0 Å². The highest BCUT2D eigenvalue weighted by atomic mass is 15.5. The van der Waals surface area contributed by atoms with Gasteiger partial charge in [0.15, 0.2) is 5.82 Å². The predicted octanol–water partition coefficient (Wildman–Crippen LogP) is 2.49. The molecule has 0 unspecified atom stereocenters. The minimum Gasteiger partial charge on any atom is -0.177 e. The first-order valence-electron chi connectivity index (χ1n) is 6.17. The lowest BCUT2D eigenvalue weighted by molar-refractivity contribution is 0.329. The van der Waals surface area contributed by atoms with E-state index in [4.69, 9.17) is 0 Å². The van der Waals surface area contributed by atoms with Crippen LogP contribution in [0.1, 0.15) is 57.2 Å². The number of nitrogens with zero attached hydrogens (tertiary/aromatic N) is 3. The second kappa shape index (κ2) is 5.83. The molecule has 4 heteroatoms. The van der Waals surface area contributed by atoms with Crippen molar-refractivity contribution in [3.05, 3.63) is 5.82 Å². The van der Waals surface area contributed by atoms with Crippen molar-refractivity contribution in [2.24, 2.45) is 5.92 Å². The van der Waals surface area contributed by atoms with E-state index in [0.29, 0.717) is 0 Å². The monoisotopic (exact) mass is 208 g/mol. The van der Waals surface area contributed by atoms with E-state index >= 15 is 0 Å². The molecule has 0 aromatic carbocycles. The van der Waals surface area contributed by atoms with Gasteiger partial charge in [-0.1, -0.05) is 50.2 Å². The van der Waals surface area contributed by atoms with Crippen LogP contribution in [0.25, 0.3) is 0 Å². The maximum atomic E-state index is 3.95. The molecule has 0 bridgehead atoms. The third-order valence-corrected chi connectivity index (χ3v) is 3.38. The van der Waals surface area contributed by atoms with E-state index in [1.165, 1.54) is 51.4 Å². The zero-order chi connectivity index (χ0) is 10.3. The molecule has 84 valence electrons. The van der Waals surface area contributed by atoms with Crippen LogP contribution in [0.5, 0.6) is 0 Å². The third kappa shape index (κ3) is 3.61. The molecule has 1 heterocycles. The summed E-state index contributed by atoms with van der Waals surface area (Å²) in [5.74, 6) is 1.86. The van der Waals surface area contributed by atoms with E-state index in [2.05, 4.69) is 20.6 Å². The lowest BCUT2D eigenvalue weighted by Crippen LogP contribution is -2.06. The Kier molecular flexibility index (Phi) is 4.11. The van der Waals surface area contributed by atoms with Crippen molar-refractivity contribution in [1.82, 2.24) is 20.6 Å². The topological polar surface area (TPSA) is 54.5 Å². The molecule has 1 aromatic heterocycles. The molecule has 0 amide bonds. The number of nitrogens with one attached hydrogen (secondary N) is 1. The van der Waals surface area contributed by atoms with Gasteiger partial charge in [0, 0.05) is 6.42 Å². The van der Waals surface area contributed by atoms with Crippen LogP contribution >= 0.6 is 0 Å². The summed E-state index contributed by atoms with van der Waals surface area (Å²) in [4.78, 5) is 0. The molecule has 0 saturated heterocycles. The molecule has 1 aliphatic rings. The van der Waals surface area contributed by atoms with Gasteiger partial charge in [-0.25, -0.2) is 0 Å². The van der Waals surface area contributed by atoms with Gasteiger partial charge < -0.3 is 0 Å². The van der Waals surface area contributed by atoms with Gasteiger partial charge in [-0.05, 0) is 12.3 Å². The summed E-state index contributed by atoms with van der Waals surface area (Å²) in [6.45, 7) is 0. The number of unbranched alkanes of at least 4 members (excludes halogenated alkanes) is 1. The van der Waals surface area contributed by atoms with Crippen LogP contribution in [0.3, 0.4) is 0 Å². The van der Waals surface area contributed by atoms with Crippen LogP contribution < -0.4 is 0 Å². The maximum Gasteiger partial charge on any atom is 0.174 e. The van der Waals surface area contributed by atoms with Gasteiger partial charge in [0.1, 0.15) is 0 Å². The molecule has 15 heavy (non-hydrogen) atoms. The number of aromatic amines is 1. The number of tetrazole rings is 1. The summed E-state index contributed by atoms with van der Waals surface area (Å²) in [7, 11) is 0. The molecule has 0 aliphatic heterocycles. The smallest absolute Gasteiger partial charge is 0.174 e. The van der Waals surface area contributed by atoms with Crippen LogP contribution in [0.15, 0.2) is 0 Å². The van der Waals surface area contributed by atoms with Crippen LogP contribution in [0, 0.1) is 5.92 Å². The molecule has 0 spiro atoms. The first kappa shape index (κ1) is 10.6. The number of aromatic nitrogens is 4. The summed E-state index contributed by atoms with van der Waals surface area (Å²) in [5.41, 5.74) is 0. The molecule has 0 radical (unpaired) electrons. The lowest BCUT2D eigenvalue weighted by atomic mass is 9.85. The Labute approximate surface area is 90.8 Å². The van der Waals surface area contributed by atoms with E-state index in [0.717, 1.165) is 18.2 Å². The second-order valence-corrected chi connectivity index (χ2v) is 4.58. The zero-order valence-corrected chi connectivity index (χ0v) is 9.28. The fraction of sp³-hybridized carbons (Fsp3) is 0.909. The van der Waals surface area contributed by atoms with Crippen LogP contribution in [-0.2, 0) is 6.42 Å². The summed E-state index contributed by atoms with van der Waals surface area (Å²) >= 11 is 0. The Morgan fingerprint density at radius 3 is 2.73 bits per heavy atom. The SMILES string of the molecule is C1CCC(CCCCc2nn[nH]n2)CC1. The first-order valence-corrected chi connectivity index (χ1v) is 6.17. The van der Waals surface area contributed by atoms with E-state index < -0.39 is 0 Å². The highest BCUT2D eigenvalue weighted by Crippen LogP contribution is 2.27. The molecular formula is C11H20N4. The summed E-state index contributed by atoms with van der Waals surface area (Å²) < 4.78 is 0. The zero-order valence-electron chi connectivity index (χ0n) is 9.28. The second-order valence-electron chi connectivity index (χ2n) is 4.58. The molecule has 1 fully saturated rings. The lowest BCUT2D eigenvalue weighted by Gasteiger charge is -2.20. The summed E-state index contributed by atoms with van der Waals surface area (Å²) in [5, 5.41) is 14.0. The van der Waals surface area contributed by atoms with Crippen molar-refractivity contribution in [1.29, 1.82) is 0 Å². The Morgan fingerprint density at radius 2 is 2.00 bits per heavy atom. The number of hydrogen-bond donors (Lipinski definition) is 1. The van der Waals surface area contributed by atoms with Gasteiger partial charge >= 0.3 is 0 Å². The third-order valence-electron chi connectivity index (χ3n) is 3.38. The largest absolute Gasteiger partial charge is 0.177 e. The minimum absolute atomic E-state index is 0.860. The first-order chi connectivity index (χ1) is 7.45. The average Bonchev–Trinajstić information content (AvgIpc) is 2.79. The van der Waals surface area contributed by atoms with Gasteiger partial charge in [0.25, 0.3) is 0 Å². The Balaban J connectivity index is 1.54. The Bertz CT molecular complexity index is 252. The van der Waals surface area contributed by atoms with Gasteiger partial charge in [-0.3, -0.25) is 0 Å². The molecule has 1 saturated carbocycles. The predicted molar refractivity (Wildman–Crippen MR) is 58.3 cm³/mol. The molecule has 0 atom stereocenters. The van der Waals surface area contributed by atoms with Crippen LogP contribution in [0.2, 0.25) is 0 Å². The van der Waals surface area contributed by atoms with Crippen molar-refractivity contribution in [3.63, 3.8) is 0 Å². The van der Waals surface area contributed by atoms with Crippen molar-refractivity contribution < 1.29 is 0 Å². The van der Waals surface area contributed by atoms with Crippen LogP contribution in [-0.4, -0.2) is 20.6 Å².